The van der Waals surface area contributed by atoms with E-state index >= 15 is 0 Å². The van der Waals surface area contributed by atoms with Crippen molar-refractivity contribution < 1.29 is 4.79 Å². The van der Waals surface area contributed by atoms with E-state index in [9.17, 15) is 4.79 Å². The van der Waals surface area contributed by atoms with Crippen LogP contribution in [0.5, 0.6) is 0 Å². The van der Waals surface area contributed by atoms with E-state index in [4.69, 9.17) is 0 Å². The van der Waals surface area contributed by atoms with Crippen LogP contribution in [0.2, 0.25) is 0 Å². The first-order chi connectivity index (χ1) is 12.2. The number of rotatable bonds is 6. The molecule has 0 radical (unpaired) electrons. The molecule has 126 valence electrons. The average Bonchev–Trinajstić information content (AvgIpc) is 3.32. The second-order valence-electron chi connectivity index (χ2n) is 5.70. The fourth-order valence-corrected chi connectivity index (χ4v) is 4.24. The number of aromatic nitrogens is 4. The Morgan fingerprint density at radius 1 is 1.24 bits per heavy atom. The van der Waals surface area contributed by atoms with Gasteiger partial charge >= 0.3 is 0 Å². The van der Waals surface area contributed by atoms with Gasteiger partial charge in [0.25, 0.3) is 0 Å². The SMILES string of the molecule is Cc1[nH]c2ccccc2c1C(=O)CSc1n[nH]c(Cc2cccs2)n1. The number of aromatic amines is 2. The number of hydrogen-bond donors (Lipinski definition) is 2. The first-order valence-corrected chi connectivity index (χ1v) is 9.74. The molecule has 0 saturated heterocycles. The third-order valence-corrected chi connectivity index (χ3v) is 5.66. The van der Waals surface area contributed by atoms with Crippen LogP contribution in [0.3, 0.4) is 0 Å². The van der Waals surface area contributed by atoms with Crippen LogP contribution in [-0.2, 0) is 6.42 Å². The summed E-state index contributed by atoms with van der Waals surface area (Å²) in [6, 6.07) is 12.0. The summed E-state index contributed by atoms with van der Waals surface area (Å²) < 4.78 is 0. The van der Waals surface area contributed by atoms with Gasteiger partial charge < -0.3 is 4.98 Å². The molecule has 7 heteroatoms. The zero-order valence-corrected chi connectivity index (χ0v) is 15.2. The Bertz CT molecular complexity index is 1020. The maximum Gasteiger partial charge on any atom is 0.208 e. The molecule has 0 atom stereocenters. The number of benzene rings is 1. The number of carbonyl (C=O) groups is 1. The van der Waals surface area contributed by atoms with E-state index in [0.717, 1.165) is 34.4 Å². The molecule has 2 N–H and O–H groups in total. The van der Waals surface area contributed by atoms with Gasteiger partial charge in [-0.3, -0.25) is 9.89 Å². The second kappa shape index (κ2) is 6.85. The minimum atomic E-state index is 0.0876. The lowest BCUT2D eigenvalue weighted by Crippen LogP contribution is -2.03. The number of nitrogens with one attached hydrogen (secondary N) is 2. The lowest BCUT2D eigenvalue weighted by molar-refractivity contribution is 0.102. The van der Waals surface area contributed by atoms with E-state index in [0.29, 0.717) is 10.9 Å². The summed E-state index contributed by atoms with van der Waals surface area (Å²) in [5, 5.41) is 10.8. The van der Waals surface area contributed by atoms with E-state index < -0.39 is 0 Å². The molecule has 0 bridgehead atoms. The minimum absolute atomic E-state index is 0.0876. The Labute approximate surface area is 152 Å². The maximum absolute atomic E-state index is 12.7. The molecule has 4 rings (SSSR count). The van der Waals surface area contributed by atoms with Crippen LogP contribution >= 0.6 is 23.1 Å². The van der Waals surface area contributed by atoms with Crippen molar-refractivity contribution in [3.05, 3.63) is 63.7 Å². The Kier molecular flexibility index (Phi) is 4.42. The van der Waals surface area contributed by atoms with Gasteiger partial charge in [-0.25, -0.2) is 4.98 Å². The molecule has 0 aliphatic heterocycles. The van der Waals surface area contributed by atoms with Crippen molar-refractivity contribution in [2.45, 2.75) is 18.5 Å². The Balaban J connectivity index is 1.45. The van der Waals surface area contributed by atoms with Crippen LogP contribution in [-0.4, -0.2) is 31.7 Å². The number of thiophene rings is 1. The number of thioether (sulfide) groups is 1. The molecule has 3 aromatic heterocycles. The molecule has 0 fully saturated rings. The van der Waals surface area contributed by atoms with Gasteiger partial charge in [0.1, 0.15) is 5.82 Å². The van der Waals surface area contributed by atoms with Crippen molar-refractivity contribution in [1.82, 2.24) is 20.2 Å². The molecule has 0 amide bonds. The largest absolute Gasteiger partial charge is 0.358 e. The van der Waals surface area contributed by atoms with Crippen LogP contribution in [0.1, 0.15) is 26.8 Å². The summed E-state index contributed by atoms with van der Waals surface area (Å²) >= 11 is 3.06. The lowest BCUT2D eigenvalue weighted by atomic mass is 10.1. The number of H-pyrrole nitrogens is 2. The van der Waals surface area contributed by atoms with Crippen molar-refractivity contribution in [3.63, 3.8) is 0 Å². The van der Waals surface area contributed by atoms with E-state index in [-0.39, 0.29) is 5.78 Å². The predicted molar refractivity (Wildman–Crippen MR) is 102 cm³/mol. The van der Waals surface area contributed by atoms with Crippen molar-refractivity contribution in [2.24, 2.45) is 0 Å². The molecule has 5 nitrogen and oxygen atoms in total. The summed E-state index contributed by atoms with van der Waals surface area (Å²) in [6.07, 6.45) is 0.737. The molecule has 0 aliphatic rings. The Hall–Kier alpha value is -2.38. The highest BCUT2D eigenvalue weighted by atomic mass is 32.2. The number of fused-ring (bicyclic) bond motifs is 1. The number of aryl methyl sites for hydroxylation is 1. The van der Waals surface area contributed by atoms with Gasteiger partial charge in [0, 0.05) is 33.5 Å². The highest BCUT2D eigenvalue weighted by Gasteiger charge is 2.17. The molecule has 1 aromatic carbocycles. The topological polar surface area (TPSA) is 74.4 Å². The third kappa shape index (κ3) is 3.38. The highest BCUT2D eigenvalue weighted by molar-refractivity contribution is 7.99. The van der Waals surface area contributed by atoms with Crippen LogP contribution < -0.4 is 0 Å². The quantitative estimate of drug-likeness (QED) is 0.395. The molecule has 0 unspecified atom stereocenters. The van der Waals surface area contributed by atoms with E-state index in [1.807, 2.05) is 42.6 Å². The Morgan fingerprint density at radius 3 is 2.96 bits per heavy atom. The smallest absolute Gasteiger partial charge is 0.208 e. The summed E-state index contributed by atoms with van der Waals surface area (Å²) in [7, 11) is 0. The normalized spacial score (nSPS) is 11.2. The second-order valence-corrected chi connectivity index (χ2v) is 7.68. The van der Waals surface area contributed by atoms with Crippen LogP contribution in [0, 0.1) is 6.92 Å². The van der Waals surface area contributed by atoms with Crippen LogP contribution in [0.4, 0.5) is 0 Å². The monoisotopic (exact) mass is 368 g/mol. The number of Topliss-reactive ketones (excluding diaryl/α,β-unsaturated/α-hetero) is 1. The van der Waals surface area contributed by atoms with Crippen molar-refractivity contribution in [2.75, 3.05) is 5.75 Å². The highest BCUT2D eigenvalue weighted by Crippen LogP contribution is 2.24. The summed E-state index contributed by atoms with van der Waals surface area (Å²) in [6.45, 7) is 1.93. The van der Waals surface area contributed by atoms with Crippen molar-refractivity contribution in [3.8, 4) is 0 Å². The molecular weight excluding hydrogens is 352 g/mol. The van der Waals surface area contributed by atoms with Crippen LogP contribution in [0.25, 0.3) is 10.9 Å². The average molecular weight is 368 g/mol. The number of carbonyl (C=O) groups excluding carboxylic acids is 1. The molecule has 0 aliphatic carbocycles. The molecule has 25 heavy (non-hydrogen) atoms. The zero-order valence-electron chi connectivity index (χ0n) is 13.6. The Morgan fingerprint density at radius 2 is 2.12 bits per heavy atom. The molecule has 3 heterocycles. The predicted octanol–water partition coefficient (Wildman–Crippen LogP) is 4.22. The minimum Gasteiger partial charge on any atom is -0.358 e. The lowest BCUT2D eigenvalue weighted by Gasteiger charge is -1.99. The van der Waals surface area contributed by atoms with Gasteiger partial charge in [-0.2, -0.15) is 0 Å². The van der Waals surface area contributed by atoms with Gasteiger partial charge in [0.2, 0.25) is 5.16 Å². The van der Waals surface area contributed by atoms with Crippen molar-refractivity contribution >= 4 is 39.8 Å². The zero-order chi connectivity index (χ0) is 17.2. The van der Waals surface area contributed by atoms with E-state index in [1.165, 1.54) is 16.6 Å². The van der Waals surface area contributed by atoms with E-state index in [2.05, 4.69) is 26.2 Å². The fourth-order valence-electron chi connectivity index (χ4n) is 2.84. The maximum atomic E-state index is 12.7. The summed E-state index contributed by atoms with van der Waals surface area (Å²) in [5.74, 6) is 1.23. The molecule has 0 saturated carbocycles. The van der Waals surface area contributed by atoms with E-state index in [1.54, 1.807) is 11.3 Å². The third-order valence-electron chi connectivity index (χ3n) is 3.94. The molecule has 4 aromatic rings. The van der Waals surface area contributed by atoms with Gasteiger partial charge in [0.15, 0.2) is 5.78 Å². The van der Waals surface area contributed by atoms with Gasteiger partial charge in [-0.15, -0.1) is 16.4 Å². The number of para-hydroxylation sites is 1. The first-order valence-electron chi connectivity index (χ1n) is 7.87. The molecular formula is C18H16N4OS2. The van der Waals surface area contributed by atoms with Gasteiger partial charge in [0.05, 0.1) is 5.75 Å². The first kappa shape index (κ1) is 16.1. The van der Waals surface area contributed by atoms with Crippen molar-refractivity contribution in [1.29, 1.82) is 0 Å². The number of ketones is 1. The standard InChI is InChI=1S/C18H16N4OS2/c1-11-17(13-6-2-3-7-14(13)19-11)15(23)10-25-18-20-16(21-22-18)9-12-5-4-8-24-12/h2-8,19H,9-10H2,1H3,(H,20,21,22). The summed E-state index contributed by atoms with van der Waals surface area (Å²) in [5.41, 5.74) is 2.65. The van der Waals surface area contributed by atoms with Gasteiger partial charge in [-0.1, -0.05) is 36.0 Å². The van der Waals surface area contributed by atoms with Crippen LogP contribution in [0.15, 0.2) is 46.9 Å². The fraction of sp³-hybridized carbons (Fsp3) is 0.167. The number of hydrogen-bond acceptors (Lipinski definition) is 5. The summed E-state index contributed by atoms with van der Waals surface area (Å²) in [4.78, 5) is 21.6. The number of nitrogens with zero attached hydrogens (tertiary/aromatic N) is 2. The van der Waals surface area contributed by atoms with Gasteiger partial charge in [-0.05, 0) is 24.4 Å². The molecule has 0 spiro atoms.